The maximum Gasteiger partial charge on any atom is 0.228 e. The Morgan fingerprint density at radius 2 is 2.00 bits per heavy atom. The van der Waals surface area contributed by atoms with Gasteiger partial charge in [0.25, 0.3) is 0 Å². The van der Waals surface area contributed by atoms with Crippen LogP contribution in [0.15, 0.2) is 47.1 Å². The van der Waals surface area contributed by atoms with Crippen LogP contribution in [0, 0.1) is 5.82 Å². The normalized spacial score (nSPS) is 10.4. The number of hydrogen-bond acceptors (Lipinski definition) is 3. The third-order valence-corrected chi connectivity index (χ3v) is 2.69. The first-order valence-electron chi connectivity index (χ1n) is 5.99. The highest BCUT2D eigenvalue weighted by Crippen LogP contribution is 2.19. The van der Waals surface area contributed by atoms with Crippen LogP contribution < -0.4 is 10.6 Å². The van der Waals surface area contributed by atoms with Crippen molar-refractivity contribution in [3.63, 3.8) is 0 Å². The van der Waals surface area contributed by atoms with Gasteiger partial charge in [-0.05, 0) is 36.4 Å². The van der Waals surface area contributed by atoms with Gasteiger partial charge in [0.15, 0.2) is 0 Å². The molecule has 19 heavy (non-hydrogen) atoms. The van der Waals surface area contributed by atoms with Gasteiger partial charge in [0, 0.05) is 18.7 Å². The zero-order valence-electron chi connectivity index (χ0n) is 10.4. The predicted molar refractivity (Wildman–Crippen MR) is 70.0 cm³/mol. The molecule has 1 aromatic carbocycles. The summed E-state index contributed by atoms with van der Waals surface area (Å²) in [6, 6.07) is 9.30. The first kappa shape index (κ1) is 13.3. The van der Waals surface area contributed by atoms with Crippen molar-refractivity contribution in [3.8, 4) is 0 Å². The maximum absolute atomic E-state index is 12.9. The quantitative estimate of drug-likeness (QED) is 0.899. The molecule has 0 aliphatic rings. The second-order valence-corrected chi connectivity index (χ2v) is 4.07. The van der Waals surface area contributed by atoms with Crippen LogP contribution in [-0.4, -0.2) is 12.5 Å². The van der Waals surface area contributed by atoms with Crippen molar-refractivity contribution in [2.75, 3.05) is 11.4 Å². The lowest BCUT2D eigenvalue weighted by atomic mass is 10.2. The van der Waals surface area contributed by atoms with E-state index in [-0.39, 0.29) is 24.7 Å². The van der Waals surface area contributed by atoms with E-state index in [0.717, 1.165) is 0 Å². The Labute approximate surface area is 110 Å². The van der Waals surface area contributed by atoms with Crippen LogP contribution in [0.1, 0.15) is 12.2 Å². The minimum absolute atomic E-state index is 0.120. The summed E-state index contributed by atoms with van der Waals surface area (Å²) in [6.07, 6.45) is 1.78. The number of anilines is 1. The van der Waals surface area contributed by atoms with Crippen molar-refractivity contribution in [3.05, 3.63) is 54.2 Å². The van der Waals surface area contributed by atoms with Crippen molar-refractivity contribution >= 4 is 11.6 Å². The number of amides is 1. The largest absolute Gasteiger partial charge is 0.467 e. The molecule has 2 aromatic rings. The topological polar surface area (TPSA) is 59.5 Å². The number of hydrogen-bond donors (Lipinski definition) is 1. The van der Waals surface area contributed by atoms with Gasteiger partial charge in [0.1, 0.15) is 11.6 Å². The molecular formula is C14H15FN2O2. The molecule has 2 N–H and O–H groups in total. The smallest absolute Gasteiger partial charge is 0.228 e. The van der Waals surface area contributed by atoms with Gasteiger partial charge >= 0.3 is 0 Å². The number of carbonyl (C=O) groups excluding carboxylic acids is 1. The first-order valence-corrected chi connectivity index (χ1v) is 5.99. The van der Waals surface area contributed by atoms with Crippen molar-refractivity contribution in [2.24, 2.45) is 5.73 Å². The summed E-state index contributed by atoms with van der Waals surface area (Å²) in [7, 11) is 0. The van der Waals surface area contributed by atoms with Gasteiger partial charge in [0.05, 0.1) is 12.8 Å². The summed E-state index contributed by atoms with van der Waals surface area (Å²) in [5, 5.41) is 0. The molecule has 5 heteroatoms. The van der Waals surface area contributed by atoms with Crippen LogP contribution in [0.5, 0.6) is 0 Å². The molecule has 1 aromatic heterocycles. The third kappa shape index (κ3) is 3.42. The van der Waals surface area contributed by atoms with E-state index >= 15 is 0 Å². The van der Waals surface area contributed by atoms with Crippen molar-refractivity contribution in [1.82, 2.24) is 0 Å². The molecule has 0 spiro atoms. The number of nitrogens with two attached hydrogens (primary N) is 1. The van der Waals surface area contributed by atoms with Crippen LogP contribution in [0.2, 0.25) is 0 Å². The number of carbonyl (C=O) groups is 1. The molecule has 4 nitrogen and oxygen atoms in total. The third-order valence-electron chi connectivity index (χ3n) is 2.69. The summed E-state index contributed by atoms with van der Waals surface area (Å²) in [5.41, 5.74) is 6.03. The van der Waals surface area contributed by atoms with Gasteiger partial charge in [-0.1, -0.05) is 0 Å². The van der Waals surface area contributed by atoms with E-state index in [2.05, 4.69) is 0 Å². The highest BCUT2D eigenvalue weighted by atomic mass is 19.1. The predicted octanol–water partition coefficient (Wildman–Crippen LogP) is 2.30. The van der Waals surface area contributed by atoms with Gasteiger partial charge in [-0.25, -0.2) is 4.39 Å². The van der Waals surface area contributed by atoms with Crippen LogP contribution >= 0.6 is 0 Å². The lowest BCUT2D eigenvalue weighted by Crippen LogP contribution is -2.31. The Morgan fingerprint density at radius 3 is 2.58 bits per heavy atom. The lowest BCUT2D eigenvalue weighted by Gasteiger charge is -2.21. The summed E-state index contributed by atoms with van der Waals surface area (Å²) in [5.74, 6) is 0.202. The van der Waals surface area contributed by atoms with E-state index in [4.69, 9.17) is 10.2 Å². The molecule has 0 bridgehead atoms. The second-order valence-electron chi connectivity index (χ2n) is 4.07. The van der Waals surface area contributed by atoms with Gasteiger partial charge in [-0.15, -0.1) is 0 Å². The molecule has 2 rings (SSSR count). The van der Waals surface area contributed by atoms with Gasteiger partial charge in [-0.3, -0.25) is 4.79 Å². The number of rotatable bonds is 5. The zero-order valence-corrected chi connectivity index (χ0v) is 10.4. The Morgan fingerprint density at radius 1 is 1.26 bits per heavy atom. The Kier molecular flexibility index (Phi) is 4.30. The fourth-order valence-corrected chi connectivity index (χ4v) is 1.76. The van der Waals surface area contributed by atoms with E-state index < -0.39 is 0 Å². The van der Waals surface area contributed by atoms with Crippen molar-refractivity contribution < 1.29 is 13.6 Å². The highest BCUT2D eigenvalue weighted by Gasteiger charge is 2.16. The summed E-state index contributed by atoms with van der Waals surface area (Å²) < 4.78 is 18.2. The van der Waals surface area contributed by atoms with Crippen LogP contribution in [0.3, 0.4) is 0 Å². The average Bonchev–Trinajstić information content (AvgIpc) is 2.90. The van der Waals surface area contributed by atoms with Crippen molar-refractivity contribution in [2.45, 2.75) is 13.0 Å². The fraction of sp³-hybridized carbons (Fsp3) is 0.214. The number of furan rings is 1. The van der Waals surface area contributed by atoms with E-state index in [0.29, 0.717) is 18.0 Å². The zero-order chi connectivity index (χ0) is 13.7. The van der Waals surface area contributed by atoms with Gasteiger partial charge < -0.3 is 15.1 Å². The first-order chi connectivity index (χ1) is 9.20. The molecule has 0 radical (unpaired) electrons. The molecule has 0 atom stereocenters. The minimum Gasteiger partial charge on any atom is -0.467 e. The Bertz CT molecular complexity index is 523. The number of halogens is 1. The second kappa shape index (κ2) is 6.15. The fourth-order valence-electron chi connectivity index (χ4n) is 1.76. The monoisotopic (exact) mass is 262 g/mol. The number of benzene rings is 1. The molecule has 0 fully saturated rings. The maximum atomic E-state index is 12.9. The van der Waals surface area contributed by atoms with E-state index in [9.17, 15) is 9.18 Å². The Hall–Kier alpha value is -2.14. The van der Waals surface area contributed by atoms with E-state index in [1.807, 2.05) is 0 Å². The standard InChI is InChI=1S/C14H15FN2O2/c15-11-3-5-12(6-4-11)17(14(18)7-8-16)10-13-2-1-9-19-13/h1-6,9H,7-8,10,16H2. The minimum atomic E-state index is -0.340. The number of nitrogens with zero attached hydrogens (tertiary/aromatic N) is 1. The molecule has 0 aliphatic carbocycles. The molecular weight excluding hydrogens is 247 g/mol. The van der Waals surface area contributed by atoms with Crippen molar-refractivity contribution in [1.29, 1.82) is 0 Å². The molecule has 0 aliphatic heterocycles. The van der Waals surface area contributed by atoms with E-state index in [1.54, 1.807) is 30.5 Å². The molecule has 0 saturated heterocycles. The van der Waals surface area contributed by atoms with Crippen LogP contribution in [0.25, 0.3) is 0 Å². The summed E-state index contributed by atoms with van der Waals surface area (Å²) in [4.78, 5) is 13.6. The summed E-state index contributed by atoms with van der Waals surface area (Å²) >= 11 is 0. The average molecular weight is 262 g/mol. The molecule has 1 heterocycles. The molecule has 1 amide bonds. The lowest BCUT2D eigenvalue weighted by molar-refractivity contribution is -0.118. The highest BCUT2D eigenvalue weighted by molar-refractivity contribution is 5.93. The van der Waals surface area contributed by atoms with Gasteiger partial charge in [-0.2, -0.15) is 0 Å². The Balaban J connectivity index is 2.23. The van der Waals surface area contributed by atoms with Gasteiger partial charge in [0.2, 0.25) is 5.91 Å². The van der Waals surface area contributed by atoms with Crippen LogP contribution in [-0.2, 0) is 11.3 Å². The van der Waals surface area contributed by atoms with E-state index in [1.165, 1.54) is 17.0 Å². The van der Waals surface area contributed by atoms with Crippen LogP contribution in [0.4, 0.5) is 10.1 Å². The molecule has 0 saturated carbocycles. The summed E-state index contributed by atoms with van der Waals surface area (Å²) in [6.45, 7) is 0.576. The molecule has 0 unspecified atom stereocenters. The molecule has 100 valence electrons. The SMILES string of the molecule is NCCC(=O)N(Cc1ccco1)c1ccc(F)cc1.